The summed E-state index contributed by atoms with van der Waals surface area (Å²) >= 11 is 5.71. The van der Waals surface area contributed by atoms with Gasteiger partial charge in [-0.25, -0.2) is 13.6 Å². The van der Waals surface area contributed by atoms with Crippen molar-refractivity contribution in [1.29, 1.82) is 0 Å². The largest absolute Gasteiger partial charge is 0.493 e. The van der Waals surface area contributed by atoms with Crippen LogP contribution in [-0.2, 0) is 22.3 Å². The van der Waals surface area contributed by atoms with E-state index < -0.39 is 46.3 Å². The number of ether oxygens (including phenoxy) is 2. The summed E-state index contributed by atoms with van der Waals surface area (Å²) in [4.78, 5) is 27.3. The maximum atomic E-state index is 15.1. The van der Waals surface area contributed by atoms with E-state index in [-0.39, 0.29) is 49.5 Å². The van der Waals surface area contributed by atoms with Crippen molar-refractivity contribution in [2.24, 2.45) is 5.92 Å². The maximum absolute atomic E-state index is 15.1. The van der Waals surface area contributed by atoms with Gasteiger partial charge in [-0.3, -0.25) is 14.6 Å². The van der Waals surface area contributed by atoms with Gasteiger partial charge in [-0.2, -0.15) is 13.2 Å². The third-order valence-electron chi connectivity index (χ3n) is 7.78. The number of piperidine rings is 1. The van der Waals surface area contributed by atoms with E-state index in [1.54, 1.807) is 0 Å². The summed E-state index contributed by atoms with van der Waals surface area (Å²) in [6.07, 6.45) is -1.65. The van der Waals surface area contributed by atoms with Crippen LogP contribution < -0.4 is 4.74 Å². The number of hydrogen-bond donors (Lipinski definition) is 1. The van der Waals surface area contributed by atoms with Gasteiger partial charge >= 0.3 is 12.1 Å². The van der Waals surface area contributed by atoms with Crippen molar-refractivity contribution in [3.05, 3.63) is 63.2 Å². The number of hydrogen-bond acceptors (Lipinski definition) is 5. The standard InChI is InChI=1S/C28H28ClF5N2O5/c29-21-8-18(28(32,33)34)7-17(25(21)31)11-35-5-3-15(4-6-35)12-41-24-10-22(30)20(9-19(24)16-1-2-16)26(37)36-14-40-13-23(36)27(38)39/h7-10,15-16,23H,1-6,11-14H2,(H,38,39)/t23-/m0/s1. The van der Waals surface area contributed by atoms with Crippen molar-refractivity contribution in [3.8, 4) is 5.75 Å². The summed E-state index contributed by atoms with van der Waals surface area (Å²) in [5, 5.41) is 8.77. The number of rotatable bonds is 8. The van der Waals surface area contributed by atoms with E-state index >= 15 is 4.39 Å². The number of halogens is 6. The molecule has 1 saturated carbocycles. The molecule has 1 atom stereocenters. The Labute approximate surface area is 237 Å². The number of carboxylic acid groups (broad SMARTS) is 1. The molecule has 0 spiro atoms. The maximum Gasteiger partial charge on any atom is 0.416 e. The molecule has 222 valence electrons. The SMILES string of the molecule is O=C(O)[C@@H]1COCN1C(=O)c1cc(C2CC2)c(OCC2CCN(Cc3cc(C(F)(F)F)cc(Cl)c3F)CC2)cc1F. The zero-order valence-corrected chi connectivity index (χ0v) is 22.6. The fourth-order valence-corrected chi connectivity index (χ4v) is 5.50. The molecule has 0 bridgehead atoms. The predicted octanol–water partition coefficient (Wildman–Crippen LogP) is 5.69. The van der Waals surface area contributed by atoms with Crippen LogP contribution in [-0.4, -0.2) is 65.9 Å². The molecule has 0 radical (unpaired) electrons. The van der Waals surface area contributed by atoms with Crippen LogP contribution in [0.4, 0.5) is 22.0 Å². The zero-order chi connectivity index (χ0) is 29.5. The van der Waals surface area contributed by atoms with Gasteiger partial charge < -0.3 is 14.6 Å². The Balaban J connectivity index is 1.21. The second kappa shape index (κ2) is 11.7. The molecule has 3 aliphatic rings. The average molecular weight is 603 g/mol. The lowest BCUT2D eigenvalue weighted by molar-refractivity contribution is -0.141. The Bertz CT molecular complexity index is 1330. The van der Waals surface area contributed by atoms with Gasteiger partial charge in [0.05, 0.1) is 29.4 Å². The Morgan fingerprint density at radius 2 is 1.78 bits per heavy atom. The van der Waals surface area contributed by atoms with Crippen LogP contribution in [0.3, 0.4) is 0 Å². The second-order valence-electron chi connectivity index (χ2n) is 10.7. The summed E-state index contributed by atoms with van der Waals surface area (Å²) in [6.45, 7) is 0.854. The molecule has 1 amide bonds. The number of likely N-dealkylation sites (tertiary alicyclic amines) is 1. The highest BCUT2D eigenvalue weighted by atomic mass is 35.5. The fourth-order valence-electron chi connectivity index (χ4n) is 5.26. The molecule has 3 fully saturated rings. The minimum atomic E-state index is -4.63. The first kappa shape index (κ1) is 29.5. The number of carboxylic acids is 1. The third-order valence-corrected chi connectivity index (χ3v) is 8.06. The number of carbonyl (C=O) groups is 2. The van der Waals surface area contributed by atoms with Gasteiger partial charge in [0.15, 0.2) is 6.04 Å². The number of amides is 1. The van der Waals surface area contributed by atoms with Crippen molar-refractivity contribution in [2.75, 3.05) is 33.0 Å². The van der Waals surface area contributed by atoms with Gasteiger partial charge in [0, 0.05) is 18.2 Å². The molecule has 0 unspecified atom stereocenters. The monoisotopic (exact) mass is 602 g/mol. The first-order valence-electron chi connectivity index (χ1n) is 13.3. The molecule has 2 aromatic carbocycles. The van der Waals surface area contributed by atoms with Crippen molar-refractivity contribution < 1.29 is 46.1 Å². The minimum Gasteiger partial charge on any atom is -0.493 e. The zero-order valence-electron chi connectivity index (χ0n) is 21.9. The molecule has 13 heteroatoms. The Morgan fingerprint density at radius 1 is 1.07 bits per heavy atom. The first-order valence-corrected chi connectivity index (χ1v) is 13.7. The summed E-state index contributed by atoms with van der Waals surface area (Å²) in [6, 6.07) is 2.80. The van der Waals surface area contributed by atoms with Gasteiger partial charge in [0.25, 0.3) is 5.91 Å². The van der Waals surface area contributed by atoms with Gasteiger partial charge in [0.2, 0.25) is 0 Å². The smallest absolute Gasteiger partial charge is 0.416 e. The quantitative estimate of drug-likeness (QED) is 0.391. The Morgan fingerprint density at radius 3 is 2.41 bits per heavy atom. The molecule has 2 heterocycles. The molecular weight excluding hydrogens is 575 g/mol. The molecule has 1 aliphatic carbocycles. The average Bonchev–Trinajstić information content (AvgIpc) is 3.64. The normalized spacial score (nSPS) is 20.4. The summed E-state index contributed by atoms with van der Waals surface area (Å²) in [7, 11) is 0. The predicted molar refractivity (Wildman–Crippen MR) is 137 cm³/mol. The van der Waals surface area contributed by atoms with E-state index in [9.17, 15) is 32.3 Å². The number of benzene rings is 2. The molecule has 7 nitrogen and oxygen atoms in total. The Hall–Kier alpha value is -2.96. The van der Waals surface area contributed by atoms with E-state index in [1.165, 1.54) is 12.1 Å². The third kappa shape index (κ3) is 6.60. The molecule has 41 heavy (non-hydrogen) atoms. The van der Waals surface area contributed by atoms with Crippen LogP contribution in [0.15, 0.2) is 24.3 Å². The number of alkyl halides is 3. The van der Waals surface area contributed by atoms with E-state index in [2.05, 4.69) is 0 Å². The van der Waals surface area contributed by atoms with Gasteiger partial charge in [0.1, 0.15) is 24.1 Å². The lowest BCUT2D eigenvalue weighted by atomic mass is 9.97. The Kier molecular flexibility index (Phi) is 8.45. The highest BCUT2D eigenvalue weighted by Crippen LogP contribution is 2.45. The van der Waals surface area contributed by atoms with E-state index in [0.717, 1.165) is 23.8 Å². The van der Waals surface area contributed by atoms with E-state index in [0.29, 0.717) is 43.3 Å². The van der Waals surface area contributed by atoms with Crippen LogP contribution in [0.5, 0.6) is 5.75 Å². The van der Waals surface area contributed by atoms with Crippen LogP contribution in [0.1, 0.15) is 58.6 Å². The van der Waals surface area contributed by atoms with E-state index in [4.69, 9.17) is 21.1 Å². The number of aliphatic carboxylic acids is 1. The van der Waals surface area contributed by atoms with Crippen LogP contribution in [0, 0.1) is 17.6 Å². The van der Waals surface area contributed by atoms with Crippen LogP contribution >= 0.6 is 11.6 Å². The van der Waals surface area contributed by atoms with E-state index in [1.807, 2.05) is 4.90 Å². The minimum absolute atomic E-state index is 0.0135. The molecule has 2 aliphatic heterocycles. The number of carbonyl (C=O) groups excluding carboxylic acids is 1. The first-order chi connectivity index (χ1) is 19.4. The van der Waals surface area contributed by atoms with Crippen molar-refractivity contribution in [3.63, 3.8) is 0 Å². The van der Waals surface area contributed by atoms with Gasteiger partial charge in [-0.05, 0) is 74.4 Å². The van der Waals surface area contributed by atoms with Crippen molar-refractivity contribution in [2.45, 2.75) is 50.4 Å². The molecule has 2 aromatic rings. The number of nitrogens with zero attached hydrogens (tertiary/aromatic N) is 2. The molecule has 5 rings (SSSR count). The fraction of sp³-hybridized carbons (Fsp3) is 0.500. The molecule has 2 saturated heterocycles. The molecule has 1 N–H and O–H groups in total. The second-order valence-corrected chi connectivity index (χ2v) is 11.1. The summed E-state index contributed by atoms with van der Waals surface area (Å²) in [5.74, 6) is -3.15. The highest BCUT2D eigenvalue weighted by Gasteiger charge is 2.38. The molecular formula is C28H28ClF5N2O5. The lowest BCUT2D eigenvalue weighted by Gasteiger charge is -2.32. The topological polar surface area (TPSA) is 79.3 Å². The summed E-state index contributed by atoms with van der Waals surface area (Å²) < 4.78 is 80.1. The van der Waals surface area contributed by atoms with Gasteiger partial charge in [-0.15, -0.1) is 0 Å². The summed E-state index contributed by atoms with van der Waals surface area (Å²) in [5.41, 5.74) is -0.653. The van der Waals surface area contributed by atoms with Crippen LogP contribution in [0.25, 0.3) is 0 Å². The molecule has 0 aromatic heterocycles. The van der Waals surface area contributed by atoms with Crippen LogP contribution in [0.2, 0.25) is 5.02 Å². The van der Waals surface area contributed by atoms with Crippen molar-refractivity contribution >= 4 is 23.5 Å². The van der Waals surface area contributed by atoms with Crippen molar-refractivity contribution in [1.82, 2.24) is 9.80 Å². The lowest BCUT2D eigenvalue weighted by Crippen LogP contribution is -2.42. The van der Waals surface area contributed by atoms with Gasteiger partial charge in [-0.1, -0.05) is 11.6 Å². The highest BCUT2D eigenvalue weighted by molar-refractivity contribution is 6.30.